The van der Waals surface area contributed by atoms with Crippen molar-refractivity contribution < 1.29 is 13.2 Å². The molecule has 3 rings (SSSR count). The van der Waals surface area contributed by atoms with Crippen LogP contribution in [0.15, 0.2) is 46.9 Å². The molecule has 0 spiro atoms. The molecule has 0 unspecified atom stereocenters. The topological polar surface area (TPSA) is 25.2 Å². The maximum absolute atomic E-state index is 13.5. The van der Waals surface area contributed by atoms with Crippen molar-refractivity contribution in [1.29, 1.82) is 0 Å². The Hall–Kier alpha value is -2.07. The van der Waals surface area contributed by atoms with Gasteiger partial charge in [-0.15, -0.1) is 0 Å². The van der Waals surface area contributed by atoms with Crippen LogP contribution in [0.2, 0.25) is 5.22 Å². The van der Waals surface area contributed by atoms with E-state index >= 15 is 0 Å². The molecule has 5 heteroatoms. The molecule has 1 N–H and O–H groups in total. The Morgan fingerprint density at radius 2 is 1.90 bits per heavy atom. The lowest BCUT2D eigenvalue weighted by Gasteiger charge is -2.07. The van der Waals surface area contributed by atoms with Gasteiger partial charge < -0.3 is 9.73 Å². The number of halogens is 3. The van der Waals surface area contributed by atoms with E-state index in [4.69, 9.17) is 16.0 Å². The predicted molar refractivity (Wildman–Crippen MR) is 74.9 cm³/mol. The van der Waals surface area contributed by atoms with Gasteiger partial charge in [-0.1, -0.05) is 18.2 Å². The molecule has 0 fully saturated rings. The quantitative estimate of drug-likeness (QED) is 0.737. The third-order valence-corrected chi connectivity index (χ3v) is 3.34. The summed E-state index contributed by atoms with van der Waals surface area (Å²) in [4.78, 5) is 0. The minimum absolute atomic E-state index is 0.0892. The Balaban J connectivity index is 1.90. The van der Waals surface area contributed by atoms with Gasteiger partial charge in [0.05, 0.1) is 5.69 Å². The van der Waals surface area contributed by atoms with Gasteiger partial charge in [-0.25, -0.2) is 8.78 Å². The number of para-hydroxylation sites is 1. The Labute approximate surface area is 119 Å². The number of fused-ring (bicyclic) bond motifs is 1. The largest absolute Gasteiger partial charge is 0.444 e. The molecule has 0 bridgehead atoms. The number of anilines is 1. The predicted octanol–water partition coefficient (Wildman–Crippen LogP) is 4.98. The Morgan fingerprint density at radius 3 is 2.75 bits per heavy atom. The van der Waals surface area contributed by atoms with Crippen molar-refractivity contribution in [3.05, 3.63) is 64.9 Å². The Bertz CT molecular complexity index is 770. The summed E-state index contributed by atoms with van der Waals surface area (Å²) in [6.07, 6.45) is 0. The number of furan rings is 1. The molecule has 2 aromatic carbocycles. The first kappa shape index (κ1) is 12.9. The highest BCUT2D eigenvalue weighted by Gasteiger charge is 2.12. The van der Waals surface area contributed by atoms with Gasteiger partial charge in [0.15, 0.2) is 5.22 Å². The fourth-order valence-electron chi connectivity index (χ4n) is 2.05. The van der Waals surface area contributed by atoms with Crippen LogP contribution >= 0.6 is 11.6 Å². The first-order valence-electron chi connectivity index (χ1n) is 6.00. The standard InChI is InChI=1S/C15H10ClF2NO/c16-15-11(10-3-1-2-4-14(10)20-15)8-19-13-7-9(17)5-6-12(13)18/h1-7,19H,8H2. The van der Waals surface area contributed by atoms with Crippen molar-refractivity contribution in [3.8, 4) is 0 Å². The van der Waals surface area contributed by atoms with Crippen LogP contribution in [0.4, 0.5) is 14.5 Å². The second kappa shape index (κ2) is 5.13. The van der Waals surface area contributed by atoms with E-state index in [0.717, 1.165) is 23.6 Å². The lowest BCUT2D eigenvalue weighted by molar-refractivity contribution is 0.601. The lowest BCUT2D eigenvalue weighted by Crippen LogP contribution is -2.01. The summed E-state index contributed by atoms with van der Waals surface area (Å²) < 4.78 is 32.0. The zero-order valence-corrected chi connectivity index (χ0v) is 11.0. The summed E-state index contributed by atoms with van der Waals surface area (Å²) in [6.45, 7) is 0.246. The minimum Gasteiger partial charge on any atom is -0.444 e. The first-order valence-corrected chi connectivity index (χ1v) is 6.38. The molecule has 0 aliphatic heterocycles. The zero-order valence-electron chi connectivity index (χ0n) is 10.3. The Kier molecular flexibility index (Phi) is 3.32. The molecule has 2 nitrogen and oxygen atoms in total. The van der Waals surface area contributed by atoms with E-state index in [1.54, 1.807) is 6.07 Å². The number of hydrogen-bond acceptors (Lipinski definition) is 2. The minimum atomic E-state index is -0.518. The summed E-state index contributed by atoms with van der Waals surface area (Å²) in [5.41, 5.74) is 1.46. The summed E-state index contributed by atoms with van der Waals surface area (Å²) in [6, 6.07) is 10.6. The van der Waals surface area contributed by atoms with Crippen LogP contribution in [0.1, 0.15) is 5.56 Å². The number of hydrogen-bond donors (Lipinski definition) is 1. The van der Waals surface area contributed by atoms with E-state index in [1.807, 2.05) is 18.2 Å². The van der Waals surface area contributed by atoms with E-state index in [0.29, 0.717) is 11.1 Å². The average Bonchev–Trinajstić information content (AvgIpc) is 2.75. The van der Waals surface area contributed by atoms with Crippen LogP contribution in [-0.2, 0) is 6.54 Å². The molecule has 0 atom stereocenters. The van der Waals surface area contributed by atoms with Crippen LogP contribution in [0, 0.1) is 11.6 Å². The first-order chi connectivity index (χ1) is 9.65. The molecule has 1 aromatic heterocycles. The van der Waals surface area contributed by atoms with Gasteiger partial charge in [0.2, 0.25) is 0 Å². The van der Waals surface area contributed by atoms with Crippen LogP contribution < -0.4 is 5.32 Å². The summed E-state index contributed by atoms with van der Waals surface area (Å²) in [5.74, 6) is -1.02. The molecule has 0 saturated carbocycles. The van der Waals surface area contributed by atoms with Gasteiger partial charge in [0.25, 0.3) is 0 Å². The molecule has 20 heavy (non-hydrogen) atoms. The number of rotatable bonds is 3. The highest BCUT2D eigenvalue weighted by molar-refractivity contribution is 6.30. The Morgan fingerprint density at radius 1 is 1.10 bits per heavy atom. The third kappa shape index (κ3) is 2.34. The van der Waals surface area contributed by atoms with Crippen molar-refractivity contribution in [1.82, 2.24) is 0 Å². The molecule has 0 amide bonds. The molecular weight excluding hydrogens is 284 g/mol. The zero-order chi connectivity index (χ0) is 14.1. The van der Waals surface area contributed by atoms with Crippen LogP contribution in [0.5, 0.6) is 0 Å². The van der Waals surface area contributed by atoms with Crippen molar-refractivity contribution in [2.45, 2.75) is 6.54 Å². The van der Waals surface area contributed by atoms with E-state index in [2.05, 4.69) is 5.32 Å². The molecule has 3 aromatic rings. The highest BCUT2D eigenvalue weighted by Crippen LogP contribution is 2.30. The molecule has 0 radical (unpaired) electrons. The summed E-state index contributed by atoms with van der Waals surface area (Å²) in [7, 11) is 0. The summed E-state index contributed by atoms with van der Waals surface area (Å²) >= 11 is 6.03. The van der Waals surface area contributed by atoms with Crippen LogP contribution in [0.3, 0.4) is 0 Å². The number of benzene rings is 2. The normalized spacial score (nSPS) is 10.9. The van der Waals surface area contributed by atoms with Gasteiger partial charge >= 0.3 is 0 Å². The van der Waals surface area contributed by atoms with E-state index < -0.39 is 11.6 Å². The fraction of sp³-hybridized carbons (Fsp3) is 0.0667. The molecule has 0 aliphatic carbocycles. The maximum atomic E-state index is 13.5. The third-order valence-electron chi connectivity index (χ3n) is 3.03. The van der Waals surface area contributed by atoms with Crippen LogP contribution in [-0.4, -0.2) is 0 Å². The molecule has 0 aliphatic rings. The van der Waals surface area contributed by atoms with Gasteiger partial charge in [-0.3, -0.25) is 0 Å². The van der Waals surface area contributed by atoms with Crippen molar-refractivity contribution in [2.24, 2.45) is 0 Å². The molecular formula is C15H10ClF2NO. The SMILES string of the molecule is Fc1ccc(F)c(NCc2c(Cl)oc3ccccc23)c1. The highest BCUT2D eigenvalue weighted by atomic mass is 35.5. The average molecular weight is 294 g/mol. The van der Waals surface area contributed by atoms with E-state index in [1.165, 1.54) is 0 Å². The second-order valence-electron chi connectivity index (χ2n) is 4.33. The van der Waals surface area contributed by atoms with Crippen molar-refractivity contribution in [3.63, 3.8) is 0 Å². The van der Waals surface area contributed by atoms with Gasteiger partial charge in [0.1, 0.15) is 17.2 Å². The molecule has 102 valence electrons. The van der Waals surface area contributed by atoms with E-state index in [-0.39, 0.29) is 17.5 Å². The van der Waals surface area contributed by atoms with E-state index in [9.17, 15) is 8.78 Å². The number of nitrogens with one attached hydrogen (secondary N) is 1. The molecule has 0 saturated heterocycles. The lowest BCUT2D eigenvalue weighted by atomic mass is 10.1. The smallest absolute Gasteiger partial charge is 0.199 e. The van der Waals surface area contributed by atoms with Crippen LogP contribution in [0.25, 0.3) is 11.0 Å². The molecule has 1 heterocycles. The maximum Gasteiger partial charge on any atom is 0.199 e. The summed E-state index contributed by atoms with van der Waals surface area (Å²) in [5, 5.41) is 3.92. The van der Waals surface area contributed by atoms with Gasteiger partial charge in [-0.2, -0.15) is 0 Å². The van der Waals surface area contributed by atoms with Gasteiger partial charge in [-0.05, 0) is 35.9 Å². The van der Waals surface area contributed by atoms with Gasteiger partial charge in [0, 0.05) is 17.5 Å². The fourth-order valence-corrected chi connectivity index (χ4v) is 2.30. The van der Waals surface area contributed by atoms with Crippen molar-refractivity contribution in [2.75, 3.05) is 5.32 Å². The monoisotopic (exact) mass is 293 g/mol. The van der Waals surface area contributed by atoms with Crippen molar-refractivity contribution >= 4 is 28.3 Å². The second-order valence-corrected chi connectivity index (χ2v) is 4.67.